The van der Waals surface area contributed by atoms with Crippen LogP contribution in [0, 0.1) is 25.7 Å². The van der Waals surface area contributed by atoms with Gasteiger partial charge in [0.2, 0.25) is 5.91 Å². The number of thiophene rings is 1. The van der Waals surface area contributed by atoms with Crippen molar-refractivity contribution in [1.82, 2.24) is 14.9 Å². The molecule has 1 amide bonds. The summed E-state index contributed by atoms with van der Waals surface area (Å²) < 4.78 is 1.73. The average molecular weight is 396 g/mol. The summed E-state index contributed by atoms with van der Waals surface area (Å²) in [5, 5.41) is 4.35. The fourth-order valence-electron chi connectivity index (χ4n) is 2.54. The van der Waals surface area contributed by atoms with Gasteiger partial charge in [-0.2, -0.15) is 0 Å². The molecule has 0 aliphatic rings. The molecule has 0 spiro atoms. The molecule has 0 fully saturated rings. The van der Waals surface area contributed by atoms with Crippen molar-refractivity contribution in [2.24, 2.45) is 11.8 Å². The third kappa shape index (κ3) is 4.68. The maximum Gasteiger partial charge on any atom is 0.263 e. The van der Waals surface area contributed by atoms with E-state index < -0.39 is 0 Å². The van der Waals surface area contributed by atoms with Crippen molar-refractivity contribution in [2.75, 3.05) is 5.75 Å². The normalized spacial score (nSPS) is 13.0. The summed E-state index contributed by atoms with van der Waals surface area (Å²) in [5.74, 6) is 0.937. The predicted molar refractivity (Wildman–Crippen MR) is 111 cm³/mol. The number of nitrogens with zero attached hydrogens (tertiary/aromatic N) is 2. The molecule has 2 heterocycles. The van der Waals surface area contributed by atoms with Crippen LogP contribution in [0.15, 0.2) is 9.95 Å². The van der Waals surface area contributed by atoms with Gasteiger partial charge in [-0.15, -0.1) is 11.3 Å². The van der Waals surface area contributed by atoms with Gasteiger partial charge >= 0.3 is 0 Å². The Kier molecular flexibility index (Phi) is 6.91. The van der Waals surface area contributed by atoms with Crippen molar-refractivity contribution in [3.63, 3.8) is 0 Å². The van der Waals surface area contributed by atoms with Crippen molar-refractivity contribution in [1.29, 1.82) is 0 Å². The lowest BCUT2D eigenvalue weighted by Crippen LogP contribution is -2.37. The van der Waals surface area contributed by atoms with Gasteiger partial charge in [-0.05, 0) is 38.2 Å². The van der Waals surface area contributed by atoms with Gasteiger partial charge in [0.15, 0.2) is 5.16 Å². The smallest absolute Gasteiger partial charge is 0.263 e. The van der Waals surface area contributed by atoms with Crippen LogP contribution >= 0.6 is 23.1 Å². The Morgan fingerprint density at radius 1 is 1.23 bits per heavy atom. The number of rotatable bonds is 7. The first kappa shape index (κ1) is 21.0. The van der Waals surface area contributed by atoms with E-state index in [1.165, 1.54) is 11.8 Å². The topological polar surface area (TPSA) is 64.0 Å². The molecule has 26 heavy (non-hydrogen) atoms. The van der Waals surface area contributed by atoms with Crippen molar-refractivity contribution in [2.45, 2.75) is 66.2 Å². The number of aryl methyl sites for hydroxylation is 2. The minimum absolute atomic E-state index is 0.00371. The Hall–Kier alpha value is -1.34. The van der Waals surface area contributed by atoms with E-state index in [1.807, 2.05) is 20.8 Å². The summed E-state index contributed by atoms with van der Waals surface area (Å²) in [6.07, 6.45) is 0. The number of hydrogen-bond acceptors (Lipinski definition) is 5. The fourth-order valence-corrected chi connectivity index (χ4v) is 4.43. The molecule has 1 atom stereocenters. The predicted octanol–water partition coefficient (Wildman–Crippen LogP) is 3.98. The van der Waals surface area contributed by atoms with Crippen LogP contribution in [0.5, 0.6) is 0 Å². The molecule has 0 bridgehead atoms. The molecule has 1 N–H and O–H groups in total. The number of aromatic nitrogens is 2. The first-order valence-electron chi connectivity index (χ1n) is 9.04. The zero-order valence-corrected chi connectivity index (χ0v) is 18.3. The highest BCUT2D eigenvalue weighted by atomic mass is 32.2. The second kappa shape index (κ2) is 8.57. The fraction of sp³-hybridized carbons (Fsp3) is 0.632. The van der Waals surface area contributed by atoms with E-state index >= 15 is 0 Å². The molecule has 0 aliphatic heterocycles. The van der Waals surface area contributed by atoms with E-state index in [4.69, 9.17) is 4.98 Å². The number of hydrogen-bond donors (Lipinski definition) is 1. The zero-order chi connectivity index (χ0) is 19.6. The Bertz CT molecular complexity index is 853. The molecule has 144 valence electrons. The molecule has 0 radical (unpaired) electrons. The van der Waals surface area contributed by atoms with Gasteiger partial charge in [0.1, 0.15) is 4.83 Å². The van der Waals surface area contributed by atoms with Crippen LogP contribution < -0.4 is 10.9 Å². The van der Waals surface area contributed by atoms with Crippen molar-refractivity contribution in [3.05, 3.63) is 20.8 Å². The zero-order valence-electron chi connectivity index (χ0n) is 16.7. The monoisotopic (exact) mass is 395 g/mol. The van der Waals surface area contributed by atoms with Crippen LogP contribution in [0.25, 0.3) is 10.2 Å². The van der Waals surface area contributed by atoms with E-state index in [0.29, 0.717) is 23.5 Å². The van der Waals surface area contributed by atoms with E-state index in [2.05, 4.69) is 33.0 Å². The molecular formula is C19H29N3O2S2. The quantitative estimate of drug-likeness (QED) is 0.569. The van der Waals surface area contributed by atoms with Crippen LogP contribution in [-0.2, 0) is 11.3 Å². The maximum absolute atomic E-state index is 13.0. The lowest BCUT2D eigenvalue weighted by Gasteiger charge is -2.18. The van der Waals surface area contributed by atoms with Gasteiger partial charge < -0.3 is 5.32 Å². The highest BCUT2D eigenvalue weighted by molar-refractivity contribution is 7.99. The number of fused-ring (bicyclic) bond motifs is 1. The van der Waals surface area contributed by atoms with Gasteiger partial charge in [0.05, 0.1) is 11.1 Å². The minimum atomic E-state index is -0.0276. The van der Waals surface area contributed by atoms with E-state index in [1.54, 1.807) is 15.9 Å². The van der Waals surface area contributed by atoms with E-state index in [9.17, 15) is 9.59 Å². The minimum Gasteiger partial charge on any atom is -0.353 e. The lowest BCUT2D eigenvalue weighted by atomic mass is 10.1. The molecule has 7 heteroatoms. The number of nitrogens with one attached hydrogen (secondary N) is 1. The van der Waals surface area contributed by atoms with Crippen LogP contribution in [-0.4, -0.2) is 27.3 Å². The van der Waals surface area contributed by atoms with Gasteiger partial charge in [0.25, 0.3) is 5.56 Å². The van der Waals surface area contributed by atoms with E-state index in [0.717, 1.165) is 20.7 Å². The Morgan fingerprint density at radius 3 is 2.46 bits per heavy atom. The highest BCUT2D eigenvalue weighted by Gasteiger charge is 2.19. The van der Waals surface area contributed by atoms with Crippen LogP contribution in [0.1, 0.15) is 45.1 Å². The summed E-state index contributed by atoms with van der Waals surface area (Å²) in [6.45, 7) is 14.9. The number of amides is 1. The summed E-state index contributed by atoms with van der Waals surface area (Å²) in [5.41, 5.74) is 1.02. The SMILES string of the molecule is Cc1sc2nc(SCC(=O)N[C@@H](C)C(C)C)n(CC(C)C)c(=O)c2c1C. The Balaban J connectivity index is 2.33. The molecule has 2 rings (SSSR count). The van der Waals surface area contributed by atoms with Gasteiger partial charge in [0, 0.05) is 17.5 Å². The first-order valence-corrected chi connectivity index (χ1v) is 10.8. The van der Waals surface area contributed by atoms with E-state index in [-0.39, 0.29) is 23.3 Å². The molecule has 5 nitrogen and oxygen atoms in total. The molecule has 2 aromatic heterocycles. The summed E-state index contributed by atoms with van der Waals surface area (Å²) in [4.78, 5) is 31.9. The second-order valence-electron chi connectivity index (χ2n) is 7.56. The third-order valence-electron chi connectivity index (χ3n) is 4.52. The summed E-state index contributed by atoms with van der Waals surface area (Å²) in [7, 11) is 0. The molecule has 0 unspecified atom stereocenters. The largest absolute Gasteiger partial charge is 0.353 e. The van der Waals surface area contributed by atoms with Gasteiger partial charge in [-0.3, -0.25) is 14.2 Å². The van der Waals surface area contributed by atoms with Crippen LogP contribution in [0.3, 0.4) is 0 Å². The number of carbonyl (C=O) groups excluding carboxylic acids is 1. The molecule has 0 saturated heterocycles. The summed E-state index contributed by atoms with van der Waals surface area (Å²) >= 11 is 2.89. The standard InChI is InChI=1S/C19H29N3O2S2/c1-10(2)8-22-18(24)16-12(5)14(7)26-17(16)21-19(22)25-9-15(23)20-13(6)11(3)4/h10-11,13H,8-9H2,1-7H3,(H,20,23)/t13-/m0/s1. The number of carbonyl (C=O) groups is 1. The number of thioether (sulfide) groups is 1. The molecule has 2 aromatic rings. The van der Waals surface area contributed by atoms with Crippen LogP contribution in [0.2, 0.25) is 0 Å². The van der Waals surface area contributed by atoms with Crippen molar-refractivity contribution >= 4 is 39.2 Å². The molecular weight excluding hydrogens is 366 g/mol. The van der Waals surface area contributed by atoms with Crippen molar-refractivity contribution < 1.29 is 4.79 Å². The Labute approximate surface area is 163 Å². The third-order valence-corrected chi connectivity index (χ3v) is 6.60. The first-order chi connectivity index (χ1) is 12.1. The molecule has 0 aliphatic carbocycles. The van der Waals surface area contributed by atoms with Gasteiger partial charge in [-0.25, -0.2) is 4.98 Å². The Morgan fingerprint density at radius 2 is 1.88 bits per heavy atom. The molecule has 0 aromatic carbocycles. The summed E-state index contributed by atoms with van der Waals surface area (Å²) in [6, 6.07) is 0.124. The molecule has 0 saturated carbocycles. The lowest BCUT2D eigenvalue weighted by molar-refractivity contribution is -0.119. The average Bonchev–Trinajstić information content (AvgIpc) is 2.82. The van der Waals surface area contributed by atoms with Crippen molar-refractivity contribution in [3.8, 4) is 0 Å². The van der Waals surface area contributed by atoms with Crippen LogP contribution in [0.4, 0.5) is 0 Å². The highest BCUT2D eigenvalue weighted by Crippen LogP contribution is 2.28. The van der Waals surface area contributed by atoms with Gasteiger partial charge in [-0.1, -0.05) is 39.5 Å². The maximum atomic E-state index is 13.0. The second-order valence-corrected chi connectivity index (χ2v) is 9.70.